The molecule has 0 aromatic carbocycles. The standard InChI is InChI=1S/C24H39FO5/c1-12(8-18(25)22(29)30)15-4-5-16-21-17(11-20(28)24(15,16)3)23(2)7-6-14(26)9-13(23)10-19(21)27/h12-21,26-28H,4-11H2,1-3H3,(H,29,30)/t12-,13+,14-,15-,16+,17+,18-,19-,20+,21+,23+,24-/m1/s1. The first-order chi connectivity index (χ1) is 14.0. The number of hydrogen-bond acceptors (Lipinski definition) is 4. The van der Waals surface area contributed by atoms with Crippen molar-refractivity contribution in [3.05, 3.63) is 0 Å². The fourth-order valence-electron chi connectivity index (χ4n) is 8.72. The lowest BCUT2D eigenvalue weighted by molar-refractivity contribution is -0.207. The number of hydrogen-bond donors (Lipinski definition) is 4. The van der Waals surface area contributed by atoms with Gasteiger partial charge in [0.05, 0.1) is 18.3 Å². The van der Waals surface area contributed by atoms with E-state index in [2.05, 4.69) is 13.8 Å². The molecule has 30 heavy (non-hydrogen) atoms. The molecule has 0 spiro atoms. The van der Waals surface area contributed by atoms with Crippen LogP contribution in [0.3, 0.4) is 0 Å². The van der Waals surface area contributed by atoms with Crippen LogP contribution in [0, 0.1) is 46.3 Å². The number of alkyl halides is 1. The minimum atomic E-state index is -1.87. The molecular formula is C24H39FO5. The summed E-state index contributed by atoms with van der Waals surface area (Å²) < 4.78 is 14.0. The molecule has 5 nitrogen and oxygen atoms in total. The van der Waals surface area contributed by atoms with E-state index in [1.165, 1.54) is 0 Å². The number of carbonyl (C=O) groups is 1. The molecule has 0 heterocycles. The minimum absolute atomic E-state index is 0.0244. The van der Waals surface area contributed by atoms with Crippen LogP contribution in [0.15, 0.2) is 0 Å². The predicted molar refractivity (Wildman–Crippen MR) is 110 cm³/mol. The number of aliphatic hydroxyl groups is 3. The maximum Gasteiger partial charge on any atom is 0.338 e. The largest absolute Gasteiger partial charge is 0.479 e. The van der Waals surface area contributed by atoms with E-state index in [0.29, 0.717) is 12.8 Å². The van der Waals surface area contributed by atoms with E-state index >= 15 is 0 Å². The molecular weight excluding hydrogens is 387 g/mol. The molecule has 4 aliphatic rings. The Balaban J connectivity index is 1.61. The number of halogens is 1. The molecule has 12 atom stereocenters. The SMILES string of the molecule is C[C@H](C[C@@H](F)C(=O)O)[C@H]1CC[C@H]2[C@@H]3[C@H](O)C[C@@H]4C[C@H](O)CC[C@]4(C)[C@H]3C[C@H](O)[C@]12C. The number of rotatable bonds is 4. The van der Waals surface area contributed by atoms with Crippen molar-refractivity contribution in [2.45, 2.75) is 96.6 Å². The quantitative estimate of drug-likeness (QED) is 0.552. The molecule has 172 valence electrons. The molecule has 0 saturated heterocycles. The van der Waals surface area contributed by atoms with E-state index in [-0.39, 0.29) is 53.4 Å². The van der Waals surface area contributed by atoms with Crippen LogP contribution in [-0.4, -0.2) is 50.9 Å². The highest BCUT2D eigenvalue weighted by Crippen LogP contribution is 2.68. The summed E-state index contributed by atoms with van der Waals surface area (Å²) in [6.07, 6.45) is 2.41. The zero-order valence-electron chi connectivity index (χ0n) is 18.5. The molecule has 0 aromatic rings. The van der Waals surface area contributed by atoms with Gasteiger partial charge in [-0.15, -0.1) is 0 Å². The number of aliphatic carboxylic acids is 1. The molecule has 4 rings (SSSR count). The Labute approximate surface area is 179 Å². The molecule has 0 unspecified atom stereocenters. The van der Waals surface area contributed by atoms with Gasteiger partial charge < -0.3 is 20.4 Å². The summed E-state index contributed by atoms with van der Waals surface area (Å²) in [6, 6.07) is 0. The third-order valence-electron chi connectivity index (χ3n) is 10.4. The molecule has 0 radical (unpaired) electrons. The summed E-state index contributed by atoms with van der Waals surface area (Å²) in [5, 5.41) is 41.9. The number of fused-ring (bicyclic) bond motifs is 5. The van der Waals surface area contributed by atoms with Crippen LogP contribution in [0.2, 0.25) is 0 Å². The Morgan fingerprint density at radius 1 is 1.07 bits per heavy atom. The first kappa shape index (κ1) is 22.5. The van der Waals surface area contributed by atoms with Crippen molar-refractivity contribution in [1.29, 1.82) is 0 Å². The lowest BCUT2D eigenvalue weighted by Crippen LogP contribution is -2.62. The number of carboxylic acids is 1. The smallest absolute Gasteiger partial charge is 0.338 e. The van der Waals surface area contributed by atoms with Gasteiger partial charge in [-0.05, 0) is 97.7 Å². The van der Waals surface area contributed by atoms with Gasteiger partial charge in [-0.2, -0.15) is 0 Å². The molecule has 4 aliphatic carbocycles. The summed E-state index contributed by atoms with van der Waals surface area (Å²) in [5.74, 6) is -0.684. The van der Waals surface area contributed by atoms with Crippen molar-refractivity contribution in [3.63, 3.8) is 0 Å². The van der Waals surface area contributed by atoms with Gasteiger partial charge in [0.2, 0.25) is 0 Å². The van der Waals surface area contributed by atoms with Gasteiger partial charge in [0.15, 0.2) is 6.17 Å². The monoisotopic (exact) mass is 426 g/mol. The Morgan fingerprint density at radius 2 is 1.77 bits per heavy atom. The summed E-state index contributed by atoms with van der Waals surface area (Å²) in [7, 11) is 0. The summed E-state index contributed by atoms with van der Waals surface area (Å²) in [4.78, 5) is 11.0. The third-order valence-corrected chi connectivity index (χ3v) is 10.4. The van der Waals surface area contributed by atoms with Crippen molar-refractivity contribution in [3.8, 4) is 0 Å². The van der Waals surface area contributed by atoms with Crippen molar-refractivity contribution >= 4 is 5.97 Å². The van der Waals surface area contributed by atoms with E-state index in [1.54, 1.807) is 0 Å². The van der Waals surface area contributed by atoms with E-state index in [0.717, 1.165) is 32.1 Å². The summed E-state index contributed by atoms with van der Waals surface area (Å²) >= 11 is 0. The second kappa shape index (κ2) is 7.70. The Bertz CT molecular complexity index is 672. The fraction of sp³-hybridized carbons (Fsp3) is 0.958. The first-order valence-corrected chi connectivity index (χ1v) is 11.9. The number of aliphatic hydroxyl groups excluding tert-OH is 3. The van der Waals surface area contributed by atoms with Crippen molar-refractivity contribution < 1.29 is 29.6 Å². The lowest BCUT2D eigenvalue weighted by Gasteiger charge is -2.63. The Morgan fingerprint density at radius 3 is 2.43 bits per heavy atom. The van der Waals surface area contributed by atoms with Crippen LogP contribution in [-0.2, 0) is 4.79 Å². The van der Waals surface area contributed by atoms with E-state index in [1.807, 2.05) is 6.92 Å². The molecule has 0 aromatic heterocycles. The minimum Gasteiger partial charge on any atom is -0.479 e. The van der Waals surface area contributed by atoms with Crippen LogP contribution in [0.5, 0.6) is 0 Å². The molecule has 0 bridgehead atoms. The highest BCUT2D eigenvalue weighted by Gasteiger charge is 2.65. The van der Waals surface area contributed by atoms with E-state index in [4.69, 9.17) is 5.11 Å². The van der Waals surface area contributed by atoms with Gasteiger partial charge in [0.1, 0.15) is 0 Å². The van der Waals surface area contributed by atoms with Crippen LogP contribution < -0.4 is 0 Å². The number of carboxylic acid groups (broad SMARTS) is 1. The maximum atomic E-state index is 14.0. The molecule has 4 fully saturated rings. The third kappa shape index (κ3) is 3.24. The van der Waals surface area contributed by atoms with Gasteiger partial charge in [-0.3, -0.25) is 0 Å². The average molecular weight is 427 g/mol. The second-order valence-electron chi connectivity index (χ2n) is 11.5. The van der Waals surface area contributed by atoms with Gasteiger partial charge in [0, 0.05) is 0 Å². The predicted octanol–water partition coefficient (Wildman–Crippen LogP) is 3.40. The Hall–Kier alpha value is -0.720. The van der Waals surface area contributed by atoms with Crippen LogP contribution in [0.25, 0.3) is 0 Å². The molecule has 0 amide bonds. The molecule has 4 saturated carbocycles. The summed E-state index contributed by atoms with van der Waals surface area (Å²) in [5.41, 5.74) is -0.389. The van der Waals surface area contributed by atoms with Crippen LogP contribution in [0.4, 0.5) is 4.39 Å². The fourth-order valence-corrected chi connectivity index (χ4v) is 8.72. The van der Waals surface area contributed by atoms with E-state index in [9.17, 15) is 24.5 Å². The van der Waals surface area contributed by atoms with Crippen molar-refractivity contribution in [1.82, 2.24) is 0 Å². The lowest BCUT2D eigenvalue weighted by atomic mass is 9.43. The van der Waals surface area contributed by atoms with Crippen molar-refractivity contribution in [2.24, 2.45) is 46.3 Å². The molecule has 0 aliphatic heterocycles. The van der Waals surface area contributed by atoms with Gasteiger partial charge in [-0.25, -0.2) is 9.18 Å². The Kier molecular flexibility index (Phi) is 5.77. The highest BCUT2D eigenvalue weighted by molar-refractivity contribution is 5.72. The highest BCUT2D eigenvalue weighted by atomic mass is 19.1. The van der Waals surface area contributed by atoms with Crippen molar-refractivity contribution in [2.75, 3.05) is 0 Å². The zero-order chi connectivity index (χ0) is 22.0. The maximum absolute atomic E-state index is 14.0. The second-order valence-corrected chi connectivity index (χ2v) is 11.5. The normalized spacial score (nSPS) is 52.6. The molecule has 6 heteroatoms. The summed E-state index contributed by atoms with van der Waals surface area (Å²) in [6.45, 7) is 6.33. The van der Waals surface area contributed by atoms with E-state index < -0.39 is 29.8 Å². The van der Waals surface area contributed by atoms with Crippen LogP contribution in [0.1, 0.15) is 72.1 Å². The van der Waals surface area contributed by atoms with Gasteiger partial charge in [0.25, 0.3) is 0 Å². The topological polar surface area (TPSA) is 98.0 Å². The van der Waals surface area contributed by atoms with Crippen LogP contribution >= 0.6 is 0 Å². The van der Waals surface area contributed by atoms with Gasteiger partial charge in [-0.1, -0.05) is 20.8 Å². The average Bonchev–Trinajstić information content (AvgIpc) is 3.02. The first-order valence-electron chi connectivity index (χ1n) is 11.9. The zero-order valence-corrected chi connectivity index (χ0v) is 18.5. The molecule has 4 N–H and O–H groups in total. The van der Waals surface area contributed by atoms with Gasteiger partial charge >= 0.3 is 5.97 Å².